The minimum Gasteiger partial charge on any atom is -0.302 e. The molecule has 0 saturated carbocycles. The van der Waals surface area contributed by atoms with Crippen molar-refractivity contribution in [2.24, 2.45) is 0 Å². The molecule has 3 rings (SSSR count). The second-order valence-electron chi connectivity index (χ2n) is 5.61. The molecular weight excluding hydrogens is 240 g/mol. The zero-order valence-corrected chi connectivity index (χ0v) is 12.0. The molecule has 2 aliphatic heterocycles. The van der Waals surface area contributed by atoms with Gasteiger partial charge in [-0.25, -0.2) is 0 Å². The van der Waals surface area contributed by atoms with Crippen LogP contribution in [-0.2, 0) is 0 Å². The van der Waals surface area contributed by atoms with Crippen LogP contribution in [-0.4, -0.2) is 42.5 Å². The molecule has 0 bridgehead atoms. The normalized spacial score (nSPS) is 26.8. The van der Waals surface area contributed by atoms with Crippen molar-refractivity contribution in [2.75, 3.05) is 32.7 Å². The lowest BCUT2D eigenvalue weighted by molar-refractivity contribution is 0.175. The van der Waals surface area contributed by atoms with E-state index in [2.05, 4.69) is 27.3 Å². The Morgan fingerprint density at radius 2 is 1.94 bits per heavy atom. The smallest absolute Gasteiger partial charge is 0.0442 e. The molecule has 18 heavy (non-hydrogen) atoms. The van der Waals surface area contributed by atoms with Gasteiger partial charge < -0.3 is 4.90 Å². The summed E-state index contributed by atoms with van der Waals surface area (Å²) in [7, 11) is 0. The molecule has 0 radical (unpaired) electrons. The molecule has 0 aromatic carbocycles. The number of likely N-dealkylation sites (tertiary alicyclic amines) is 2. The zero-order valence-electron chi connectivity index (χ0n) is 11.2. The lowest BCUT2D eigenvalue weighted by atomic mass is 10.1. The van der Waals surface area contributed by atoms with Gasteiger partial charge in [0.25, 0.3) is 0 Å². The Labute approximate surface area is 115 Å². The summed E-state index contributed by atoms with van der Waals surface area (Å²) in [5, 5.41) is 2.22. The van der Waals surface area contributed by atoms with Crippen LogP contribution in [0.4, 0.5) is 0 Å². The van der Waals surface area contributed by atoms with Crippen LogP contribution >= 0.6 is 11.3 Å². The third-order valence-electron chi connectivity index (χ3n) is 4.39. The summed E-state index contributed by atoms with van der Waals surface area (Å²) in [5.41, 5.74) is 0. The molecule has 0 N–H and O–H groups in total. The molecule has 1 atom stereocenters. The first-order valence-corrected chi connectivity index (χ1v) is 8.31. The fourth-order valence-corrected chi connectivity index (χ4v) is 4.25. The van der Waals surface area contributed by atoms with Crippen LogP contribution in [0.1, 0.15) is 43.0 Å². The molecular formula is C15H24N2S. The third kappa shape index (κ3) is 2.95. The first kappa shape index (κ1) is 12.6. The standard InChI is InChI=1S/C15H24N2S/c1-2-8-16(9-3-1)11-12-17-10-4-6-14(17)15-7-5-13-18-15/h5,7,13-14H,1-4,6,8-12H2. The third-order valence-corrected chi connectivity index (χ3v) is 5.36. The quantitative estimate of drug-likeness (QED) is 0.822. The Balaban J connectivity index is 1.52. The molecule has 0 aliphatic carbocycles. The van der Waals surface area contributed by atoms with Crippen molar-refractivity contribution in [2.45, 2.75) is 38.1 Å². The van der Waals surface area contributed by atoms with E-state index in [1.165, 1.54) is 64.8 Å². The van der Waals surface area contributed by atoms with Gasteiger partial charge in [-0.15, -0.1) is 11.3 Å². The molecule has 2 nitrogen and oxygen atoms in total. The van der Waals surface area contributed by atoms with Crippen molar-refractivity contribution in [1.29, 1.82) is 0 Å². The molecule has 3 heterocycles. The Bertz CT molecular complexity index is 343. The topological polar surface area (TPSA) is 6.48 Å². The lowest BCUT2D eigenvalue weighted by Gasteiger charge is -2.30. The highest BCUT2D eigenvalue weighted by molar-refractivity contribution is 7.10. The van der Waals surface area contributed by atoms with Gasteiger partial charge in [0.2, 0.25) is 0 Å². The van der Waals surface area contributed by atoms with E-state index in [1.807, 2.05) is 11.3 Å². The highest BCUT2D eigenvalue weighted by Gasteiger charge is 2.26. The second-order valence-corrected chi connectivity index (χ2v) is 6.59. The van der Waals surface area contributed by atoms with Gasteiger partial charge in [-0.1, -0.05) is 12.5 Å². The fourth-order valence-electron chi connectivity index (χ4n) is 3.35. The van der Waals surface area contributed by atoms with Crippen molar-refractivity contribution < 1.29 is 0 Å². The van der Waals surface area contributed by atoms with Gasteiger partial charge in [0, 0.05) is 24.0 Å². The number of rotatable bonds is 4. The van der Waals surface area contributed by atoms with Crippen LogP contribution in [0.25, 0.3) is 0 Å². The van der Waals surface area contributed by atoms with E-state index in [1.54, 1.807) is 4.88 Å². The molecule has 2 fully saturated rings. The molecule has 2 saturated heterocycles. The predicted octanol–water partition coefficient (Wildman–Crippen LogP) is 3.37. The van der Waals surface area contributed by atoms with Gasteiger partial charge in [0.15, 0.2) is 0 Å². The van der Waals surface area contributed by atoms with Crippen LogP contribution in [0.15, 0.2) is 17.5 Å². The first-order valence-electron chi connectivity index (χ1n) is 7.43. The van der Waals surface area contributed by atoms with E-state index in [-0.39, 0.29) is 0 Å². The van der Waals surface area contributed by atoms with Crippen LogP contribution in [0.2, 0.25) is 0 Å². The maximum atomic E-state index is 2.71. The van der Waals surface area contributed by atoms with Gasteiger partial charge in [-0.05, 0) is 56.8 Å². The van der Waals surface area contributed by atoms with Crippen molar-refractivity contribution in [3.8, 4) is 0 Å². The average molecular weight is 264 g/mol. The van der Waals surface area contributed by atoms with Crippen molar-refractivity contribution >= 4 is 11.3 Å². The highest BCUT2D eigenvalue weighted by atomic mass is 32.1. The van der Waals surface area contributed by atoms with Crippen molar-refractivity contribution in [3.05, 3.63) is 22.4 Å². The predicted molar refractivity (Wildman–Crippen MR) is 78.2 cm³/mol. The van der Waals surface area contributed by atoms with E-state index in [4.69, 9.17) is 0 Å². The number of hydrogen-bond acceptors (Lipinski definition) is 3. The minimum atomic E-state index is 0.717. The molecule has 1 aromatic heterocycles. The summed E-state index contributed by atoms with van der Waals surface area (Å²) in [4.78, 5) is 6.94. The average Bonchev–Trinajstić information content (AvgIpc) is 3.08. The van der Waals surface area contributed by atoms with E-state index in [0.29, 0.717) is 0 Å². The Morgan fingerprint density at radius 3 is 2.72 bits per heavy atom. The number of piperidine rings is 1. The fraction of sp³-hybridized carbons (Fsp3) is 0.733. The van der Waals surface area contributed by atoms with Gasteiger partial charge in [-0.2, -0.15) is 0 Å². The molecule has 1 unspecified atom stereocenters. The summed E-state index contributed by atoms with van der Waals surface area (Å²) < 4.78 is 0. The summed E-state index contributed by atoms with van der Waals surface area (Å²) in [6.07, 6.45) is 7.00. The largest absolute Gasteiger partial charge is 0.302 e. The Morgan fingerprint density at radius 1 is 1.06 bits per heavy atom. The van der Waals surface area contributed by atoms with E-state index in [9.17, 15) is 0 Å². The SMILES string of the molecule is c1csc(C2CCCN2CCN2CCCCC2)c1. The van der Waals surface area contributed by atoms with Crippen LogP contribution < -0.4 is 0 Å². The summed E-state index contributed by atoms with van der Waals surface area (Å²) in [5.74, 6) is 0. The van der Waals surface area contributed by atoms with Gasteiger partial charge in [0.05, 0.1) is 0 Å². The molecule has 1 aromatic rings. The number of thiophene rings is 1. The van der Waals surface area contributed by atoms with E-state index < -0.39 is 0 Å². The summed E-state index contributed by atoms with van der Waals surface area (Å²) in [6, 6.07) is 5.23. The minimum absolute atomic E-state index is 0.717. The van der Waals surface area contributed by atoms with E-state index in [0.717, 1.165) is 6.04 Å². The maximum absolute atomic E-state index is 2.71. The first-order chi connectivity index (χ1) is 8.93. The van der Waals surface area contributed by atoms with Crippen LogP contribution in [0, 0.1) is 0 Å². The number of nitrogens with zero attached hydrogens (tertiary/aromatic N) is 2. The zero-order chi connectivity index (χ0) is 12.2. The van der Waals surface area contributed by atoms with Gasteiger partial charge in [-0.3, -0.25) is 4.90 Å². The van der Waals surface area contributed by atoms with Gasteiger partial charge >= 0.3 is 0 Å². The maximum Gasteiger partial charge on any atom is 0.0442 e. The van der Waals surface area contributed by atoms with Crippen LogP contribution in [0.3, 0.4) is 0 Å². The Kier molecular flexibility index (Phi) is 4.34. The second kappa shape index (κ2) is 6.18. The molecule has 2 aliphatic rings. The van der Waals surface area contributed by atoms with Crippen molar-refractivity contribution in [1.82, 2.24) is 9.80 Å². The summed E-state index contributed by atoms with van der Waals surface area (Å²) in [6.45, 7) is 6.51. The Hall–Kier alpha value is -0.380. The van der Waals surface area contributed by atoms with Gasteiger partial charge in [0.1, 0.15) is 0 Å². The van der Waals surface area contributed by atoms with Crippen LogP contribution in [0.5, 0.6) is 0 Å². The highest BCUT2D eigenvalue weighted by Crippen LogP contribution is 2.34. The van der Waals surface area contributed by atoms with Crippen molar-refractivity contribution in [3.63, 3.8) is 0 Å². The van der Waals surface area contributed by atoms with E-state index >= 15 is 0 Å². The molecule has 0 spiro atoms. The lowest BCUT2D eigenvalue weighted by Crippen LogP contribution is -2.37. The number of hydrogen-bond donors (Lipinski definition) is 0. The monoisotopic (exact) mass is 264 g/mol. The molecule has 0 amide bonds. The molecule has 100 valence electrons. The molecule has 3 heteroatoms. The summed E-state index contributed by atoms with van der Waals surface area (Å²) >= 11 is 1.93.